The van der Waals surface area contributed by atoms with Crippen molar-refractivity contribution >= 4 is 32.8 Å². The van der Waals surface area contributed by atoms with Crippen molar-refractivity contribution in [3.05, 3.63) is 95.8 Å². The Bertz CT molecular complexity index is 1900. The zero-order valence-corrected chi connectivity index (χ0v) is 18.3. The van der Waals surface area contributed by atoms with Gasteiger partial charge in [0.1, 0.15) is 12.6 Å². The Labute approximate surface area is 201 Å². The molecule has 3 aromatic carbocycles. The fourth-order valence-corrected chi connectivity index (χ4v) is 4.74. The zero-order chi connectivity index (χ0) is 27.7. The molecular formula is C30H25N2O+. The topological polar surface area (TPSA) is 29.9 Å². The van der Waals surface area contributed by atoms with Gasteiger partial charge < -0.3 is 4.42 Å². The summed E-state index contributed by atoms with van der Waals surface area (Å²) in [5.41, 5.74) is 5.19. The summed E-state index contributed by atoms with van der Waals surface area (Å²) in [6.45, 7) is -2.72. The highest BCUT2D eigenvalue weighted by Crippen LogP contribution is 2.39. The molecule has 3 heterocycles. The van der Waals surface area contributed by atoms with Crippen LogP contribution in [0.1, 0.15) is 25.0 Å². The van der Waals surface area contributed by atoms with Gasteiger partial charge in [0.25, 0.3) is 0 Å². The van der Waals surface area contributed by atoms with Crippen molar-refractivity contribution < 1.29 is 17.2 Å². The SMILES string of the molecule is [2H]C([2H])([2H])c1c[n+](C)c(-c2ccc3c(oc4nc(C([2H])([2H])[2H])c5ccccc5c43)c2C)cc1-c1ccccc1. The van der Waals surface area contributed by atoms with Gasteiger partial charge in [-0.3, -0.25) is 0 Å². The third-order valence-corrected chi connectivity index (χ3v) is 6.39. The van der Waals surface area contributed by atoms with Gasteiger partial charge in [-0.05, 0) is 49.3 Å². The molecule has 160 valence electrons. The first kappa shape index (κ1) is 14.2. The van der Waals surface area contributed by atoms with Crippen molar-refractivity contribution in [1.82, 2.24) is 4.98 Å². The second-order valence-electron chi connectivity index (χ2n) is 8.37. The number of nitrogens with zero attached hydrogens (tertiary/aromatic N) is 2. The third kappa shape index (κ3) is 2.96. The Kier molecular flexibility index (Phi) is 3.14. The van der Waals surface area contributed by atoms with Crippen molar-refractivity contribution in [2.75, 3.05) is 0 Å². The van der Waals surface area contributed by atoms with Crippen LogP contribution in [-0.4, -0.2) is 4.98 Å². The zero-order valence-electron chi connectivity index (χ0n) is 24.3. The number of aromatic nitrogens is 2. The van der Waals surface area contributed by atoms with Crippen LogP contribution in [0.5, 0.6) is 0 Å². The molecule has 33 heavy (non-hydrogen) atoms. The molecule has 6 rings (SSSR count). The van der Waals surface area contributed by atoms with E-state index in [2.05, 4.69) is 4.98 Å². The number of furan rings is 1. The van der Waals surface area contributed by atoms with Crippen LogP contribution in [0.2, 0.25) is 0 Å². The highest BCUT2D eigenvalue weighted by atomic mass is 16.3. The van der Waals surface area contributed by atoms with Crippen LogP contribution in [0, 0.1) is 20.6 Å². The fourth-order valence-electron chi connectivity index (χ4n) is 4.74. The van der Waals surface area contributed by atoms with Crippen LogP contribution in [0.3, 0.4) is 0 Å². The van der Waals surface area contributed by atoms with Crippen LogP contribution < -0.4 is 4.57 Å². The smallest absolute Gasteiger partial charge is 0.228 e. The number of aryl methyl sites for hydroxylation is 4. The maximum Gasteiger partial charge on any atom is 0.228 e. The summed E-state index contributed by atoms with van der Waals surface area (Å²) in [4.78, 5) is 4.47. The van der Waals surface area contributed by atoms with Gasteiger partial charge in [-0.25, -0.2) is 9.55 Å². The van der Waals surface area contributed by atoms with E-state index in [4.69, 9.17) is 12.6 Å². The molecule has 0 saturated heterocycles. The average Bonchev–Trinajstić information content (AvgIpc) is 3.28. The fraction of sp³-hybridized carbons (Fsp3) is 0.133. The van der Waals surface area contributed by atoms with Crippen LogP contribution >= 0.6 is 0 Å². The van der Waals surface area contributed by atoms with E-state index in [9.17, 15) is 0 Å². The number of hydrogen-bond acceptors (Lipinski definition) is 2. The Morgan fingerprint density at radius 2 is 1.64 bits per heavy atom. The lowest BCUT2D eigenvalue weighted by atomic mass is 9.96. The van der Waals surface area contributed by atoms with E-state index < -0.39 is 13.7 Å². The van der Waals surface area contributed by atoms with Crippen LogP contribution in [0.25, 0.3) is 55.2 Å². The van der Waals surface area contributed by atoms with Crippen molar-refractivity contribution in [2.24, 2.45) is 7.05 Å². The number of pyridine rings is 2. The molecule has 6 aromatic rings. The highest BCUT2D eigenvalue weighted by Gasteiger charge is 2.21. The third-order valence-electron chi connectivity index (χ3n) is 6.39. The number of rotatable bonds is 2. The molecule has 0 bridgehead atoms. The van der Waals surface area contributed by atoms with E-state index in [1.165, 1.54) is 0 Å². The number of fused-ring (bicyclic) bond motifs is 5. The Morgan fingerprint density at radius 3 is 2.42 bits per heavy atom. The van der Waals surface area contributed by atoms with Gasteiger partial charge in [0, 0.05) is 41.9 Å². The van der Waals surface area contributed by atoms with E-state index >= 15 is 0 Å². The van der Waals surface area contributed by atoms with Gasteiger partial charge in [-0.1, -0.05) is 54.6 Å². The predicted octanol–water partition coefficient (Wildman–Crippen LogP) is 7.22. The second-order valence-corrected chi connectivity index (χ2v) is 8.37. The lowest BCUT2D eigenvalue weighted by Gasteiger charge is -2.10. The standard InChI is InChI=1S/C30H25N2O/c1-18-17-32(4)27(16-26(18)21-10-6-5-7-11-21)22-14-15-25-28-24-13-9-8-12-23(24)20(3)31-30(28)33-29(25)19(22)2/h5-17H,1-4H3/q+1/i1D3,3D3. The molecule has 3 heteroatoms. The maximum atomic E-state index is 8.13. The molecule has 0 N–H and O–H groups in total. The predicted molar refractivity (Wildman–Crippen MR) is 135 cm³/mol. The van der Waals surface area contributed by atoms with Gasteiger partial charge in [0.05, 0.1) is 10.9 Å². The molecular weight excluding hydrogens is 404 g/mol. The minimum Gasteiger partial charge on any atom is -0.437 e. The molecule has 0 unspecified atom stereocenters. The molecule has 0 radical (unpaired) electrons. The van der Waals surface area contributed by atoms with Crippen LogP contribution in [0.15, 0.2) is 83.4 Å². The van der Waals surface area contributed by atoms with Crippen molar-refractivity contribution in [3.63, 3.8) is 0 Å². The monoisotopic (exact) mass is 435 g/mol. The van der Waals surface area contributed by atoms with Gasteiger partial charge in [-0.15, -0.1) is 0 Å². The van der Waals surface area contributed by atoms with Gasteiger partial charge in [0.2, 0.25) is 11.4 Å². The van der Waals surface area contributed by atoms with E-state index in [-0.39, 0.29) is 17.0 Å². The summed E-state index contributed by atoms with van der Waals surface area (Å²) in [5, 5.41) is 2.97. The molecule has 0 saturated carbocycles. The Morgan fingerprint density at radius 1 is 0.848 bits per heavy atom. The molecule has 0 fully saturated rings. The van der Waals surface area contributed by atoms with Gasteiger partial charge in [0.15, 0.2) is 6.20 Å². The van der Waals surface area contributed by atoms with Crippen molar-refractivity contribution in [1.29, 1.82) is 0 Å². The summed E-state index contributed by atoms with van der Waals surface area (Å²) in [5.74, 6) is 0. The number of benzene rings is 3. The van der Waals surface area contributed by atoms with E-state index in [0.29, 0.717) is 16.5 Å². The Hall–Kier alpha value is -3.98. The summed E-state index contributed by atoms with van der Waals surface area (Å²) < 4.78 is 56.5. The molecule has 0 amide bonds. The summed E-state index contributed by atoms with van der Waals surface area (Å²) in [6.07, 6.45) is 1.67. The second kappa shape index (κ2) is 7.28. The first-order chi connectivity index (χ1) is 18.4. The molecule has 0 atom stereocenters. The van der Waals surface area contributed by atoms with Gasteiger partial charge >= 0.3 is 0 Å². The minimum absolute atomic E-state index is 0.0155. The largest absolute Gasteiger partial charge is 0.437 e. The minimum atomic E-state index is -2.39. The van der Waals surface area contributed by atoms with E-state index in [0.717, 1.165) is 38.5 Å². The first-order valence-electron chi connectivity index (χ1n) is 13.8. The van der Waals surface area contributed by atoms with E-state index in [1.807, 2.05) is 85.3 Å². The van der Waals surface area contributed by atoms with Crippen LogP contribution in [0.4, 0.5) is 0 Å². The molecule has 0 aliphatic heterocycles. The normalized spacial score (nSPS) is 15.1. The van der Waals surface area contributed by atoms with E-state index in [1.54, 1.807) is 12.3 Å². The number of hydrogen-bond donors (Lipinski definition) is 0. The summed E-state index contributed by atoms with van der Waals surface area (Å²) in [7, 11) is 1.83. The highest BCUT2D eigenvalue weighted by molar-refractivity contribution is 6.18. The maximum absolute atomic E-state index is 8.13. The Balaban J connectivity index is 1.64. The summed E-state index contributed by atoms with van der Waals surface area (Å²) in [6, 6.07) is 22.7. The average molecular weight is 436 g/mol. The van der Waals surface area contributed by atoms with Gasteiger partial charge in [-0.2, -0.15) is 0 Å². The quantitative estimate of drug-likeness (QED) is 0.269. The molecule has 0 aliphatic rings. The lowest BCUT2D eigenvalue weighted by molar-refractivity contribution is -0.660. The first-order valence-corrected chi connectivity index (χ1v) is 10.8. The molecule has 3 aromatic heterocycles. The molecule has 0 aliphatic carbocycles. The van der Waals surface area contributed by atoms with Crippen molar-refractivity contribution in [3.8, 4) is 22.4 Å². The summed E-state index contributed by atoms with van der Waals surface area (Å²) >= 11 is 0. The van der Waals surface area contributed by atoms with Crippen molar-refractivity contribution in [2.45, 2.75) is 20.6 Å². The molecule has 0 spiro atoms. The van der Waals surface area contributed by atoms with Crippen LogP contribution in [-0.2, 0) is 7.05 Å². The molecule has 3 nitrogen and oxygen atoms in total. The lowest BCUT2D eigenvalue weighted by Crippen LogP contribution is -2.31.